The van der Waals surface area contributed by atoms with Crippen LogP contribution in [-0.4, -0.2) is 42.7 Å². The van der Waals surface area contributed by atoms with Gasteiger partial charge >= 0.3 is 0 Å². The van der Waals surface area contributed by atoms with Crippen LogP contribution in [0.2, 0.25) is 0 Å². The van der Waals surface area contributed by atoms with Crippen molar-refractivity contribution in [3.63, 3.8) is 0 Å². The Morgan fingerprint density at radius 3 is 2.43 bits per heavy atom. The van der Waals surface area contributed by atoms with Crippen molar-refractivity contribution in [3.05, 3.63) is 59.7 Å². The van der Waals surface area contributed by atoms with Crippen LogP contribution in [0.3, 0.4) is 0 Å². The number of amides is 2. The second kappa shape index (κ2) is 10.3. The van der Waals surface area contributed by atoms with E-state index >= 15 is 0 Å². The van der Waals surface area contributed by atoms with Crippen molar-refractivity contribution in [2.75, 3.05) is 25.5 Å². The number of ether oxygens (including phenoxy) is 1. The molecule has 2 aromatic carbocycles. The minimum atomic E-state index is -0.204. The highest BCUT2D eigenvalue weighted by molar-refractivity contribution is 5.97. The van der Waals surface area contributed by atoms with Gasteiger partial charge in [-0.15, -0.1) is 0 Å². The number of hydrogen-bond acceptors (Lipinski definition) is 4. The summed E-state index contributed by atoms with van der Waals surface area (Å²) in [5, 5.41) is 2.77. The number of anilines is 1. The first-order valence-electron chi connectivity index (χ1n) is 9.19. The molecule has 0 spiro atoms. The Kier molecular flexibility index (Phi) is 7.75. The summed E-state index contributed by atoms with van der Waals surface area (Å²) in [7, 11) is 1.62. The molecule has 28 heavy (non-hydrogen) atoms. The van der Waals surface area contributed by atoms with E-state index in [1.165, 1.54) is 13.8 Å². The lowest BCUT2D eigenvalue weighted by atomic mass is 10.1. The van der Waals surface area contributed by atoms with Gasteiger partial charge in [-0.25, -0.2) is 0 Å². The van der Waals surface area contributed by atoms with Gasteiger partial charge in [-0.3, -0.25) is 14.4 Å². The van der Waals surface area contributed by atoms with Gasteiger partial charge in [-0.2, -0.15) is 0 Å². The number of benzene rings is 2. The molecule has 0 aromatic heterocycles. The van der Waals surface area contributed by atoms with Crippen molar-refractivity contribution in [1.29, 1.82) is 0 Å². The molecule has 6 nitrogen and oxygen atoms in total. The van der Waals surface area contributed by atoms with Gasteiger partial charge in [0, 0.05) is 37.7 Å². The topological polar surface area (TPSA) is 75.7 Å². The summed E-state index contributed by atoms with van der Waals surface area (Å²) < 4.78 is 5.34. The Morgan fingerprint density at radius 1 is 1.00 bits per heavy atom. The Balaban J connectivity index is 1.90. The fourth-order valence-corrected chi connectivity index (χ4v) is 2.87. The summed E-state index contributed by atoms with van der Waals surface area (Å²) in [4.78, 5) is 37.3. The molecule has 0 atom stereocenters. The average molecular weight is 382 g/mol. The predicted octanol–water partition coefficient (Wildman–Crippen LogP) is 3.32. The Morgan fingerprint density at radius 2 is 1.75 bits per heavy atom. The lowest BCUT2D eigenvalue weighted by Gasteiger charge is -2.21. The van der Waals surface area contributed by atoms with Crippen LogP contribution in [0.15, 0.2) is 48.5 Å². The number of Topliss-reactive ketones (excluding diaryl/α,β-unsaturated/α-hetero) is 1. The van der Waals surface area contributed by atoms with E-state index in [9.17, 15) is 14.4 Å². The summed E-state index contributed by atoms with van der Waals surface area (Å²) in [5.41, 5.74) is 2.13. The number of methoxy groups -OCH3 is 1. The standard InChI is InChI=1S/C22H26N2O4/c1-16(25)19-8-6-9-20(15-19)23-22(27)12-14-24(17(2)26)13-11-18-7-4-5-10-21(18)28-3/h4-10,15H,11-14H2,1-3H3,(H,23,27). The molecule has 0 saturated heterocycles. The summed E-state index contributed by atoms with van der Waals surface area (Å²) in [6.07, 6.45) is 0.821. The van der Waals surface area contributed by atoms with Crippen LogP contribution in [0, 0.1) is 0 Å². The van der Waals surface area contributed by atoms with Crippen LogP contribution in [0.5, 0.6) is 5.75 Å². The molecule has 0 fully saturated rings. The number of carbonyl (C=O) groups is 3. The van der Waals surface area contributed by atoms with Gasteiger partial charge in [0.2, 0.25) is 11.8 Å². The smallest absolute Gasteiger partial charge is 0.226 e. The zero-order valence-corrected chi connectivity index (χ0v) is 16.5. The van der Waals surface area contributed by atoms with Crippen molar-refractivity contribution < 1.29 is 19.1 Å². The normalized spacial score (nSPS) is 10.2. The van der Waals surface area contributed by atoms with Gasteiger partial charge in [0.15, 0.2) is 5.78 Å². The van der Waals surface area contributed by atoms with Crippen molar-refractivity contribution in [3.8, 4) is 5.75 Å². The first kappa shape index (κ1) is 21.2. The lowest BCUT2D eigenvalue weighted by Crippen LogP contribution is -2.33. The molecule has 0 radical (unpaired) electrons. The van der Waals surface area contributed by atoms with Gasteiger partial charge < -0.3 is 15.0 Å². The first-order valence-corrected chi connectivity index (χ1v) is 9.19. The molecule has 0 bridgehead atoms. The molecular formula is C22H26N2O4. The summed E-state index contributed by atoms with van der Waals surface area (Å²) in [5.74, 6) is 0.440. The maximum absolute atomic E-state index is 12.2. The van der Waals surface area contributed by atoms with E-state index < -0.39 is 0 Å². The lowest BCUT2D eigenvalue weighted by molar-refractivity contribution is -0.129. The third-order valence-corrected chi connectivity index (χ3v) is 4.45. The molecule has 2 rings (SSSR count). The monoisotopic (exact) mass is 382 g/mol. The van der Waals surface area contributed by atoms with E-state index in [4.69, 9.17) is 4.74 Å². The number of para-hydroxylation sites is 1. The van der Waals surface area contributed by atoms with Crippen molar-refractivity contribution in [2.45, 2.75) is 26.7 Å². The SMILES string of the molecule is COc1ccccc1CCN(CCC(=O)Nc1cccc(C(C)=O)c1)C(C)=O. The molecule has 0 saturated carbocycles. The van der Waals surface area contributed by atoms with Crippen LogP contribution in [0.1, 0.15) is 36.2 Å². The van der Waals surface area contributed by atoms with Gasteiger partial charge in [0.05, 0.1) is 7.11 Å². The number of hydrogen-bond donors (Lipinski definition) is 1. The molecule has 148 valence electrons. The van der Waals surface area contributed by atoms with Crippen LogP contribution >= 0.6 is 0 Å². The second-order valence-electron chi connectivity index (χ2n) is 6.50. The minimum absolute atomic E-state index is 0.0600. The van der Waals surface area contributed by atoms with Gasteiger partial charge in [0.1, 0.15) is 5.75 Å². The summed E-state index contributed by atoms with van der Waals surface area (Å²) in [6, 6.07) is 14.5. The van der Waals surface area contributed by atoms with Gasteiger partial charge in [-0.1, -0.05) is 30.3 Å². The Hall–Kier alpha value is -3.15. The fraction of sp³-hybridized carbons (Fsp3) is 0.318. The molecule has 0 unspecified atom stereocenters. The molecule has 0 heterocycles. The molecule has 2 aromatic rings. The molecule has 0 aliphatic carbocycles. The van der Waals surface area contributed by atoms with Crippen LogP contribution < -0.4 is 10.1 Å². The Labute approximate surface area is 165 Å². The number of nitrogens with zero attached hydrogens (tertiary/aromatic N) is 1. The first-order chi connectivity index (χ1) is 13.4. The third kappa shape index (κ3) is 6.23. The van der Waals surface area contributed by atoms with Crippen molar-refractivity contribution in [2.24, 2.45) is 0 Å². The number of carbonyl (C=O) groups excluding carboxylic acids is 3. The highest BCUT2D eigenvalue weighted by atomic mass is 16.5. The van der Waals surface area contributed by atoms with E-state index in [1.807, 2.05) is 24.3 Å². The molecular weight excluding hydrogens is 356 g/mol. The Bertz CT molecular complexity index is 848. The molecule has 0 aliphatic heterocycles. The van der Waals surface area contributed by atoms with E-state index in [2.05, 4.69) is 5.32 Å². The van der Waals surface area contributed by atoms with Crippen LogP contribution in [-0.2, 0) is 16.0 Å². The quantitative estimate of drug-likeness (QED) is 0.675. The highest BCUT2D eigenvalue weighted by Crippen LogP contribution is 2.18. The van der Waals surface area contributed by atoms with E-state index in [0.717, 1.165) is 11.3 Å². The fourth-order valence-electron chi connectivity index (χ4n) is 2.87. The molecule has 0 aliphatic rings. The van der Waals surface area contributed by atoms with Crippen LogP contribution in [0.25, 0.3) is 0 Å². The molecule has 6 heteroatoms. The summed E-state index contributed by atoms with van der Waals surface area (Å²) in [6.45, 7) is 3.80. The summed E-state index contributed by atoms with van der Waals surface area (Å²) >= 11 is 0. The van der Waals surface area contributed by atoms with E-state index in [0.29, 0.717) is 30.8 Å². The maximum atomic E-state index is 12.2. The zero-order chi connectivity index (χ0) is 20.5. The van der Waals surface area contributed by atoms with Crippen molar-refractivity contribution >= 4 is 23.3 Å². The number of ketones is 1. The third-order valence-electron chi connectivity index (χ3n) is 4.45. The zero-order valence-electron chi connectivity index (χ0n) is 16.5. The van der Waals surface area contributed by atoms with Crippen molar-refractivity contribution in [1.82, 2.24) is 4.90 Å². The van der Waals surface area contributed by atoms with E-state index in [1.54, 1.807) is 36.3 Å². The second-order valence-corrected chi connectivity index (χ2v) is 6.50. The van der Waals surface area contributed by atoms with Crippen LogP contribution in [0.4, 0.5) is 5.69 Å². The predicted molar refractivity (Wildman–Crippen MR) is 109 cm³/mol. The highest BCUT2D eigenvalue weighted by Gasteiger charge is 2.13. The minimum Gasteiger partial charge on any atom is -0.496 e. The van der Waals surface area contributed by atoms with Gasteiger partial charge in [-0.05, 0) is 37.1 Å². The number of nitrogens with one attached hydrogen (secondary N) is 1. The number of rotatable bonds is 9. The van der Waals surface area contributed by atoms with Gasteiger partial charge in [0.25, 0.3) is 0 Å². The molecule has 2 amide bonds. The molecule has 1 N–H and O–H groups in total. The van der Waals surface area contributed by atoms with E-state index in [-0.39, 0.29) is 24.0 Å². The largest absolute Gasteiger partial charge is 0.496 e. The average Bonchev–Trinajstić information content (AvgIpc) is 2.68. The maximum Gasteiger partial charge on any atom is 0.226 e.